The minimum absolute atomic E-state index is 0.0590. The normalized spacial score (nSPS) is 19.1. The third-order valence-electron chi connectivity index (χ3n) is 4.00. The van der Waals surface area contributed by atoms with Crippen LogP contribution in [0.5, 0.6) is 0 Å². The molecule has 3 aromatic rings. The zero-order valence-corrected chi connectivity index (χ0v) is 13.6. The maximum Gasteiger partial charge on any atom is 0.144 e. The lowest BCUT2D eigenvalue weighted by Gasteiger charge is -2.31. The van der Waals surface area contributed by atoms with E-state index in [1.54, 1.807) is 24.2 Å². The Balaban J connectivity index is 1.70. The van der Waals surface area contributed by atoms with E-state index in [0.717, 1.165) is 17.9 Å². The summed E-state index contributed by atoms with van der Waals surface area (Å²) in [6.45, 7) is 0. The first-order chi connectivity index (χ1) is 11.8. The zero-order valence-electron chi connectivity index (χ0n) is 12.8. The van der Waals surface area contributed by atoms with Gasteiger partial charge in [-0.3, -0.25) is 4.98 Å². The van der Waals surface area contributed by atoms with E-state index in [-0.39, 0.29) is 11.4 Å². The Kier molecular flexibility index (Phi) is 3.93. The summed E-state index contributed by atoms with van der Waals surface area (Å²) >= 11 is 1.75. The van der Waals surface area contributed by atoms with Gasteiger partial charge in [-0.15, -0.1) is 0 Å². The van der Waals surface area contributed by atoms with Crippen molar-refractivity contribution in [2.24, 2.45) is 0 Å². The molecular formula is C18H15N5S. The van der Waals surface area contributed by atoms with E-state index < -0.39 is 0 Å². The molecule has 5 nitrogen and oxygen atoms in total. The fourth-order valence-corrected chi connectivity index (χ4v) is 4.04. The van der Waals surface area contributed by atoms with Crippen molar-refractivity contribution in [3.63, 3.8) is 0 Å². The molecule has 0 bridgehead atoms. The molecule has 6 heteroatoms. The van der Waals surface area contributed by atoms with E-state index in [9.17, 15) is 5.26 Å². The Labute approximate surface area is 144 Å². The molecule has 24 heavy (non-hydrogen) atoms. The summed E-state index contributed by atoms with van der Waals surface area (Å²) in [6, 6.07) is 18.4. The van der Waals surface area contributed by atoms with Crippen molar-refractivity contribution in [1.29, 1.82) is 5.26 Å². The van der Waals surface area contributed by atoms with E-state index in [4.69, 9.17) is 0 Å². The summed E-state index contributed by atoms with van der Waals surface area (Å²) in [4.78, 5) is 5.66. The van der Waals surface area contributed by atoms with Crippen molar-refractivity contribution in [2.45, 2.75) is 22.7 Å². The van der Waals surface area contributed by atoms with Crippen LogP contribution in [0.2, 0.25) is 0 Å². The van der Waals surface area contributed by atoms with Gasteiger partial charge in [-0.25, -0.2) is 4.68 Å². The highest BCUT2D eigenvalue weighted by Crippen LogP contribution is 2.43. The third-order valence-corrected chi connectivity index (χ3v) is 5.21. The first-order valence-corrected chi connectivity index (χ1v) is 8.60. The average molecular weight is 333 g/mol. The largest absolute Gasteiger partial charge is 0.361 e. The van der Waals surface area contributed by atoms with E-state index in [0.29, 0.717) is 5.56 Å². The van der Waals surface area contributed by atoms with Crippen molar-refractivity contribution >= 4 is 17.6 Å². The molecule has 118 valence electrons. The summed E-state index contributed by atoms with van der Waals surface area (Å²) in [5.41, 5.74) is 1.54. The van der Waals surface area contributed by atoms with Gasteiger partial charge in [0.1, 0.15) is 22.8 Å². The second kappa shape index (κ2) is 6.38. The second-order valence-corrected chi connectivity index (χ2v) is 6.79. The van der Waals surface area contributed by atoms with Crippen LogP contribution in [0.4, 0.5) is 5.82 Å². The molecule has 0 aliphatic carbocycles. The Hall–Kier alpha value is -2.78. The van der Waals surface area contributed by atoms with Gasteiger partial charge in [0, 0.05) is 17.5 Å². The lowest BCUT2D eigenvalue weighted by Crippen LogP contribution is -2.26. The molecule has 1 N–H and O–H groups in total. The summed E-state index contributed by atoms with van der Waals surface area (Å²) in [6.07, 6.45) is 4.27. The van der Waals surface area contributed by atoms with E-state index in [2.05, 4.69) is 33.6 Å². The van der Waals surface area contributed by atoms with Crippen molar-refractivity contribution in [1.82, 2.24) is 14.8 Å². The van der Waals surface area contributed by atoms with Gasteiger partial charge in [-0.1, -0.05) is 36.0 Å². The van der Waals surface area contributed by atoms with Crippen LogP contribution in [0, 0.1) is 11.3 Å². The number of anilines is 1. The van der Waals surface area contributed by atoms with E-state index >= 15 is 0 Å². The number of thioether (sulfide) groups is 1. The molecule has 4 rings (SSSR count). The van der Waals surface area contributed by atoms with Crippen LogP contribution in [0.1, 0.15) is 29.1 Å². The Morgan fingerprint density at radius 1 is 1.17 bits per heavy atom. The highest BCUT2D eigenvalue weighted by atomic mass is 32.2. The first-order valence-electron chi connectivity index (χ1n) is 7.72. The molecule has 1 aliphatic rings. The lowest BCUT2D eigenvalue weighted by atomic mass is 10.1. The van der Waals surface area contributed by atoms with Gasteiger partial charge >= 0.3 is 0 Å². The molecule has 2 unspecified atom stereocenters. The smallest absolute Gasteiger partial charge is 0.144 e. The van der Waals surface area contributed by atoms with Gasteiger partial charge in [-0.05, 0) is 24.3 Å². The Bertz CT molecular complexity index is 869. The van der Waals surface area contributed by atoms with Crippen LogP contribution in [0.15, 0.2) is 65.8 Å². The van der Waals surface area contributed by atoms with E-state index in [1.165, 1.54) is 4.90 Å². The predicted molar refractivity (Wildman–Crippen MR) is 93.5 cm³/mol. The number of nitriles is 1. The number of benzene rings is 1. The molecule has 1 aliphatic heterocycles. The van der Waals surface area contributed by atoms with Gasteiger partial charge < -0.3 is 5.32 Å². The molecule has 2 atom stereocenters. The van der Waals surface area contributed by atoms with Crippen LogP contribution in [-0.4, -0.2) is 14.8 Å². The Morgan fingerprint density at radius 2 is 2.00 bits per heavy atom. The number of nitrogens with one attached hydrogen (secondary N) is 1. The van der Waals surface area contributed by atoms with Crippen molar-refractivity contribution in [3.05, 3.63) is 72.2 Å². The molecule has 3 heterocycles. The number of nitrogens with zero attached hydrogens (tertiary/aromatic N) is 4. The molecule has 0 amide bonds. The van der Waals surface area contributed by atoms with Gasteiger partial charge in [0.05, 0.1) is 17.9 Å². The maximum atomic E-state index is 9.35. The first kappa shape index (κ1) is 14.8. The Morgan fingerprint density at radius 3 is 2.75 bits per heavy atom. The lowest BCUT2D eigenvalue weighted by molar-refractivity contribution is 0.486. The van der Waals surface area contributed by atoms with Crippen LogP contribution < -0.4 is 5.32 Å². The maximum absolute atomic E-state index is 9.35. The summed E-state index contributed by atoms with van der Waals surface area (Å²) in [5.74, 6) is 0.771. The predicted octanol–water partition coefficient (Wildman–Crippen LogP) is 4.00. The fourth-order valence-electron chi connectivity index (χ4n) is 2.86. The SMILES string of the molecule is N#Cc1cnn2c1NC(c1ccccn1)CC2Sc1ccccc1. The number of pyridine rings is 1. The standard InChI is InChI=1S/C18H15N5S/c19-11-13-12-21-23-17(24-14-6-2-1-3-7-14)10-16(22-18(13)23)15-8-4-5-9-20-15/h1-9,12,16-17,22H,10H2. The average Bonchev–Trinajstić information content (AvgIpc) is 3.07. The molecule has 0 radical (unpaired) electrons. The number of rotatable bonds is 3. The molecule has 0 fully saturated rings. The van der Waals surface area contributed by atoms with E-state index in [1.807, 2.05) is 41.1 Å². The fraction of sp³-hybridized carbons (Fsp3) is 0.167. The summed E-state index contributed by atoms with van der Waals surface area (Å²) in [7, 11) is 0. The number of hydrogen-bond donors (Lipinski definition) is 1. The topological polar surface area (TPSA) is 66.5 Å². The van der Waals surface area contributed by atoms with Crippen molar-refractivity contribution in [2.75, 3.05) is 5.32 Å². The second-order valence-electron chi connectivity index (χ2n) is 5.54. The van der Waals surface area contributed by atoms with Gasteiger partial charge in [0.15, 0.2) is 0 Å². The minimum Gasteiger partial charge on any atom is -0.361 e. The third kappa shape index (κ3) is 2.74. The number of aromatic nitrogens is 3. The molecule has 0 spiro atoms. The number of hydrogen-bond acceptors (Lipinski definition) is 5. The highest BCUT2D eigenvalue weighted by molar-refractivity contribution is 7.99. The van der Waals surface area contributed by atoms with Crippen LogP contribution >= 0.6 is 11.8 Å². The summed E-state index contributed by atoms with van der Waals surface area (Å²) in [5, 5.41) is 17.3. The van der Waals surface area contributed by atoms with Crippen LogP contribution in [0.25, 0.3) is 0 Å². The van der Waals surface area contributed by atoms with Gasteiger partial charge in [0.2, 0.25) is 0 Å². The van der Waals surface area contributed by atoms with Gasteiger partial charge in [-0.2, -0.15) is 10.4 Å². The zero-order chi connectivity index (χ0) is 16.4. The number of fused-ring (bicyclic) bond motifs is 1. The minimum atomic E-state index is 0.0590. The summed E-state index contributed by atoms with van der Waals surface area (Å²) < 4.78 is 1.91. The monoisotopic (exact) mass is 333 g/mol. The molecule has 1 aromatic carbocycles. The van der Waals surface area contributed by atoms with Gasteiger partial charge in [0.25, 0.3) is 0 Å². The van der Waals surface area contributed by atoms with Crippen LogP contribution in [0.3, 0.4) is 0 Å². The highest BCUT2D eigenvalue weighted by Gasteiger charge is 2.31. The quantitative estimate of drug-likeness (QED) is 0.785. The molecule has 0 saturated heterocycles. The molecule has 0 saturated carbocycles. The molecule has 2 aromatic heterocycles. The molecular weight excluding hydrogens is 318 g/mol. The van der Waals surface area contributed by atoms with Crippen molar-refractivity contribution in [3.8, 4) is 6.07 Å². The van der Waals surface area contributed by atoms with Crippen molar-refractivity contribution < 1.29 is 0 Å². The van der Waals surface area contributed by atoms with Crippen LogP contribution in [-0.2, 0) is 0 Å².